The Morgan fingerprint density at radius 1 is 1.30 bits per heavy atom. The van der Waals surface area contributed by atoms with Crippen LogP contribution in [-0.4, -0.2) is 48.0 Å². The van der Waals surface area contributed by atoms with Crippen molar-refractivity contribution in [1.82, 2.24) is 30.2 Å². The van der Waals surface area contributed by atoms with Crippen molar-refractivity contribution in [2.75, 3.05) is 6.54 Å². The molecule has 0 bridgehead atoms. The van der Waals surface area contributed by atoms with Gasteiger partial charge in [-0.3, -0.25) is 10.00 Å². The Hall–Kier alpha value is -2.62. The third-order valence-corrected chi connectivity index (χ3v) is 4.61. The topological polar surface area (TPSA) is 130 Å². The predicted molar refractivity (Wildman–Crippen MR) is 97.1 cm³/mol. The Labute approximate surface area is 156 Å². The number of aliphatic hydroxyl groups is 1. The van der Waals surface area contributed by atoms with Crippen molar-refractivity contribution in [3.8, 4) is 11.4 Å². The maximum absolute atomic E-state index is 10.2. The molecule has 1 saturated heterocycles. The number of hydrogen-bond donors (Lipinski definition) is 3. The number of rotatable bonds is 5. The van der Waals surface area contributed by atoms with Crippen LogP contribution in [0.1, 0.15) is 43.8 Å². The number of nitrogens with zero attached hydrogens (tertiary/aromatic N) is 5. The molecule has 0 unspecified atom stereocenters. The molecule has 0 aliphatic carbocycles. The van der Waals surface area contributed by atoms with Crippen molar-refractivity contribution in [2.45, 2.75) is 44.5 Å². The number of aromatic nitrogens is 5. The molecule has 3 aromatic rings. The maximum atomic E-state index is 10.2. The van der Waals surface area contributed by atoms with E-state index in [0.717, 1.165) is 5.56 Å². The number of likely N-dealkylation sites (tertiary alicyclic amines) is 1. The first-order valence-electron chi connectivity index (χ1n) is 8.92. The standard InChI is InChI=1S/C18H23N7O2/c1-18(2,19)17-20-14(27-24-17)10-25-9-12(26)8-13(25)16-21-15(22-23-16)11-6-4-3-5-7-11/h3-7,12-13,26H,8-10,19H2,1-2H3,(H,21,22,23)/t12-,13+/m1/s1. The molecule has 4 rings (SSSR count). The Kier molecular flexibility index (Phi) is 4.50. The normalized spacial score (nSPS) is 21.0. The SMILES string of the molecule is CC(C)(N)c1noc(CN2C[C@H](O)C[C@H]2c2nc(-c3ccccc3)n[nH]2)n1. The van der Waals surface area contributed by atoms with Crippen molar-refractivity contribution in [3.63, 3.8) is 0 Å². The third kappa shape index (κ3) is 3.75. The van der Waals surface area contributed by atoms with Crippen molar-refractivity contribution in [1.29, 1.82) is 0 Å². The highest BCUT2D eigenvalue weighted by Crippen LogP contribution is 2.32. The minimum atomic E-state index is -0.665. The summed E-state index contributed by atoms with van der Waals surface area (Å²) in [7, 11) is 0. The zero-order valence-electron chi connectivity index (χ0n) is 15.3. The minimum absolute atomic E-state index is 0.105. The van der Waals surface area contributed by atoms with E-state index >= 15 is 0 Å². The Balaban J connectivity index is 1.53. The smallest absolute Gasteiger partial charge is 0.240 e. The summed E-state index contributed by atoms with van der Waals surface area (Å²) in [6.07, 6.45) is 0.112. The zero-order valence-corrected chi connectivity index (χ0v) is 15.3. The summed E-state index contributed by atoms with van der Waals surface area (Å²) < 4.78 is 5.34. The van der Waals surface area contributed by atoms with E-state index in [1.807, 2.05) is 44.2 Å². The van der Waals surface area contributed by atoms with Crippen molar-refractivity contribution in [2.24, 2.45) is 5.73 Å². The Morgan fingerprint density at radius 2 is 2.07 bits per heavy atom. The van der Waals surface area contributed by atoms with Gasteiger partial charge in [-0.1, -0.05) is 35.5 Å². The first kappa shape index (κ1) is 17.8. The lowest BCUT2D eigenvalue weighted by Crippen LogP contribution is -2.30. The van der Waals surface area contributed by atoms with Gasteiger partial charge in [0.1, 0.15) is 5.82 Å². The van der Waals surface area contributed by atoms with E-state index in [2.05, 4.69) is 30.2 Å². The molecular formula is C18H23N7O2. The molecule has 9 heteroatoms. The van der Waals surface area contributed by atoms with Crippen molar-refractivity contribution in [3.05, 3.63) is 47.9 Å². The summed E-state index contributed by atoms with van der Waals surface area (Å²) in [5.41, 5.74) is 6.29. The molecule has 9 nitrogen and oxygen atoms in total. The van der Waals surface area contributed by atoms with Crippen LogP contribution in [0, 0.1) is 0 Å². The fraction of sp³-hybridized carbons (Fsp3) is 0.444. The van der Waals surface area contributed by atoms with Gasteiger partial charge < -0.3 is 15.4 Å². The second kappa shape index (κ2) is 6.84. The fourth-order valence-corrected chi connectivity index (χ4v) is 3.23. The van der Waals surface area contributed by atoms with Crippen LogP contribution in [0.5, 0.6) is 0 Å². The van der Waals surface area contributed by atoms with Crippen molar-refractivity contribution >= 4 is 0 Å². The third-order valence-electron chi connectivity index (χ3n) is 4.61. The first-order valence-corrected chi connectivity index (χ1v) is 8.92. The van der Waals surface area contributed by atoms with E-state index in [0.29, 0.717) is 42.9 Å². The largest absolute Gasteiger partial charge is 0.392 e. The van der Waals surface area contributed by atoms with Gasteiger partial charge in [-0.25, -0.2) is 4.98 Å². The molecule has 1 aromatic carbocycles. The summed E-state index contributed by atoms with van der Waals surface area (Å²) >= 11 is 0. The number of aliphatic hydroxyl groups excluding tert-OH is 1. The summed E-state index contributed by atoms with van der Waals surface area (Å²) in [4.78, 5) is 11.1. The van der Waals surface area contributed by atoms with Gasteiger partial charge >= 0.3 is 0 Å². The van der Waals surface area contributed by atoms with Crippen LogP contribution in [0.2, 0.25) is 0 Å². The van der Waals surface area contributed by atoms with E-state index in [4.69, 9.17) is 10.3 Å². The highest BCUT2D eigenvalue weighted by molar-refractivity contribution is 5.53. The van der Waals surface area contributed by atoms with E-state index in [1.54, 1.807) is 0 Å². The fourth-order valence-electron chi connectivity index (χ4n) is 3.23. The number of H-pyrrole nitrogens is 1. The van der Waals surface area contributed by atoms with Crippen LogP contribution in [0.25, 0.3) is 11.4 Å². The van der Waals surface area contributed by atoms with E-state index in [-0.39, 0.29) is 6.04 Å². The molecule has 3 heterocycles. The number of nitrogens with two attached hydrogens (primary N) is 1. The lowest BCUT2D eigenvalue weighted by Gasteiger charge is -2.20. The molecule has 0 amide bonds. The maximum Gasteiger partial charge on any atom is 0.240 e. The van der Waals surface area contributed by atoms with E-state index < -0.39 is 11.6 Å². The number of aromatic amines is 1. The summed E-state index contributed by atoms with van der Waals surface area (Å²) in [6.45, 7) is 4.55. The highest BCUT2D eigenvalue weighted by atomic mass is 16.5. The summed E-state index contributed by atoms with van der Waals surface area (Å²) in [5.74, 6) is 2.27. The van der Waals surface area contributed by atoms with Crippen LogP contribution in [0.3, 0.4) is 0 Å². The van der Waals surface area contributed by atoms with Crippen LogP contribution >= 0.6 is 0 Å². The second-order valence-corrected chi connectivity index (χ2v) is 7.48. The molecule has 1 aliphatic rings. The number of hydrogen-bond acceptors (Lipinski definition) is 8. The molecule has 27 heavy (non-hydrogen) atoms. The number of benzene rings is 1. The van der Waals surface area contributed by atoms with Crippen molar-refractivity contribution < 1.29 is 9.63 Å². The van der Waals surface area contributed by atoms with Gasteiger partial charge in [0, 0.05) is 12.1 Å². The second-order valence-electron chi connectivity index (χ2n) is 7.48. The molecule has 142 valence electrons. The molecule has 2 atom stereocenters. The van der Waals surface area contributed by atoms with Gasteiger partial charge in [0.05, 0.1) is 24.2 Å². The van der Waals surface area contributed by atoms with Gasteiger partial charge in [0.2, 0.25) is 5.89 Å². The van der Waals surface area contributed by atoms with Gasteiger partial charge in [-0.2, -0.15) is 10.1 Å². The molecule has 0 saturated carbocycles. The Bertz CT molecular complexity index is 900. The molecule has 0 radical (unpaired) electrons. The highest BCUT2D eigenvalue weighted by Gasteiger charge is 2.35. The monoisotopic (exact) mass is 369 g/mol. The van der Waals surface area contributed by atoms with E-state index in [1.165, 1.54) is 0 Å². The molecule has 0 spiro atoms. The molecular weight excluding hydrogens is 346 g/mol. The summed E-state index contributed by atoms with van der Waals surface area (Å²) in [5, 5.41) is 21.5. The van der Waals surface area contributed by atoms with Crippen LogP contribution in [0.15, 0.2) is 34.9 Å². The Morgan fingerprint density at radius 3 is 2.78 bits per heavy atom. The van der Waals surface area contributed by atoms with Crippen LogP contribution < -0.4 is 5.73 Å². The molecule has 4 N–H and O–H groups in total. The van der Waals surface area contributed by atoms with Gasteiger partial charge in [-0.05, 0) is 20.3 Å². The number of nitrogens with one attached hydrogen (secondary N) is 1. The van der Waals surface area contributed by atoms with Crippen LogP contribution in [-0.2, 0) is 12.1 Å². The minimum Gasteiger partial charge on any atom is -0.392 e. The zero-order chi connectivity index (χ0) is 19.0. The first-order chi connectivity index (χ1) is 12.9. The van der Waals surface area contributed by atoms with Crippen LogP contribution in [0.4, 0.5) is 0 Å². The van der Waals surface area contributed by atoms with Gasteiger partial charge in [0.25, 0.3) is 0 Å². The molecule has 1 fully saturated rings. The lowest BCUT2D eigenvalue weighted by molar-refractivity contribution is 0.163. The summed E-state index contributed by atoms with van der Waals surface area (Å²) in [6, 6.07) is 9.66. The molecule has 1 aliphatic heterocycles. The van der Waals surface area contributed by atoms with E-state index in [9.17, 15) is 5.11 Å². The van der Waals surface area contributed by atoms with Gasteiger partial charge in [-0.15, -0.1) is 0 Å². The lowest BCUT2D eigenvalue weighted by atomic mass is 10.1. The van der Waals surface area contributed by atoms with Gasteiger partial charge in [0.15, 0.2) is 11.6 Å². The molecule has 2 aromatic heterocycles. The quantitative estimate of drug-likeness (QED) is 0.614. The average molecular weight is 369 g/mol. The predicted octanol–water partition coefficient (Wildman–Crippen LogP) is 1.36. The average Bonchev–Trinajstić information content (AvgIpc) is 3.35. The number of β-amino-alcohol motifs (C(OH)–C–C–N with tert-alkyl or cyclic N) is 1.